The van der Waals surface area contributed by atoms with Gasteiger partial charge in [-0.25, -0.2) is 0 Å². The van der Waals surface area contributed by atoms with Gasteiger partial charge in [0.25, 0.3) is 0 Å². The summed E-state index contributed by atoms with van der Waals surface area (Å²) < 4.78 is 17.0. The second-order valence-corrected chi connectivity index (χ2v) is 7.96. The van der Waals surface area contributed by atoms with E-state index in [1.165, 1.54) is 19.3 Å². The van der Waals surface area contributed by atoms with Crippen LogP contribution in [0.15, 0.2) is 24.3 Å². The number of nitrogens with two attached hydrogens (primary N) is 1. The van der Waals surface area contributed by atoms with Crippen LogP contribution in [-0.2, 0) is 16.1 Å². The van der Waals surface area contributed by atoms with E-state index in [0.717, 1.165) is 43.9 Å². The Morgan fingerprint density at radius 1 is 1.26 bits per heavy atom. The van der Waals surface area contributed by atoms with Crippen LogP contribution in [0.2, 0.25) is 0 Å². The SMILES string of the molecule is COCc1cccc(OCC2(CN3CCC(OC)CC3CN)CCC2)c1.Cl. The third-order valence-electron chi connectivity index (χ3n) is 6.10. The van der Waals surface area contributed by atoms with Gasteiger partial charge in [-0.15, -0.1) is 12.4 Å². The van der Waals surface area contributed by atoms with E-state index in [1.807, 2.05) is 19.2 Å². The topological polar surface area (TPSA) is 57.0 Å². The highest BCUT2D eigenvalue weighted by molar-refractivity contribution is 5.85. The van der Waals surface area contributed by atoms with Gasteiger partial charge in [0.15, 0.2) is 0 Å². The van der Waals surface area contributed by atoms with E-state index in [2.05, 4.69) is 17.0 Å². The number of halogens is 1. The molecule has 0 radical (unpaired) electrons. The predicted molar refractivity (Wildman–Crippen MR) is 111 cm³/mol. The largest absolute Gasteiger partial charge is 0.493 e. The zero-order valence-electron chi connectivity index (χ0n) is 16.7. The summed E-state index contributed by atoms with van der Waals surface area (Å²) in [5.74, 6) is 0.944. The van der Waals surface area contributed by atoms with Crippen molar-refractivity contribution in [3.63, 3.8) is 0 Å². The van der Waals surface area contributed by atoms with Gasteiger partial charge < -0.3 is 19.9 Å². The van der Waals surface area contributed by atoms with Crippen LogP contribution < -0.4 is 10.5 Å². The van der Waals surface area contributed by atoms with Crippen molar-refractivity contribution in [1.82, 2.24) is 4.90 Å². The van der Waals surface area contributed by atoms with Crippen LogP contribution in [0.4, 0.5) is 0 Å². The highest BCUT2D eigenvalue weighted by atomic mass is 35.5. The minimum absolute atomic E-state index is 0. The fraction of sp³-hybridized carbons (Fsp3) is 0.714. The molecular weight excluding hydrogens is 364 g/mol. The zero-order chi connectivity index (χ0) is 18.4. The van der Waals surface area contributed by atoms with Crippen molar-refractivity contribution in [2.75, 3.05) is 40.5 Å². The molecule has 0 amide bonds. The number of hydrogen-bond donors (Lipinski definition) is 1. The molecule has 1 aliphatic carbocycles. The van der Waals surface area contributed by atoms with Gasteiger partial charge in [-0.1, -0.05) is 18.6 Å². The van der Waals surface area contributed by atoms with E-state index < -0.39 is 0 Å². The van der Waals surface area contributed by atoms with E-state index in [1.54, 1.807) is 7.11 Å². The van der Waals surface area contributed by atoms with E-state index in [4.69, 9.17) is 19.9 Å². The van der Waals surface area contributed by atoms with Gasteiger partial charge in [0.2, 0.25) is 0 Å². The summed E-state index contributed by atoms with van der Waals surface area (Å²) in [6.45, 7) is 4.27. The zero-order valence-corrected chi connectivity index (χ0v) is 17.5. The number of nitrogens with zero attached hydrogens (tertiary/aromatic N) is 1. The second kappa shape index (κ2) is 10.6. The smallest absolute Gasteiger partial charge is 0.119 e. The lowest BCUT2D eigenvalue weighted by Gasteiger charge is -2.48. The number of piperidine rings is 1. The Bertz CT molecular complexity index is 568. The third-order valence-corrected chi connectivity index (χ3v) is 6.10. The molecule has 27 heavy (non-hydrogen) atoms. The van der Waals surface area contributed by atoms with Crippen LogP contribution in [-0.4, -0.2) is 57.5 Å². The first-order valence-corrected chi connectivity index (χ1v) is 9.85. The first kappa shape index (κ1) is 22.4. The average molecular weight is 399 g/mol. The van der Waals surface area contributed by atoms with Crippen molar-refractivity contribution in [1.29, 1.82) is 0 Å². The second-order valence-electron chi connectivity index (χ2n) is 7.96. The fourth-order valence-corrected chi connectivity index (χ4v) is 4.31. The molecule has 2 aliphatic rings. The molecule has 1 aromatic carbocycles. The van der Waals surface area contributed by atoms with Gasteiger partial charge in [-0.3, -0.25) is 4.90 Å². The first-order chi connectivity index (χ1) is 12.7. The van der Waals surface area contributed by atoms with Gasteiger partial charge in [0.05, 0.1) is 19.3 Å². The van der Waals surface area contributed by atoms with E-state index >= 15 is 0 Å². The minimum Gasteiger partial charge on any atom is -0.493 e. The quantitative estimate of drug-likeness (QED) is 0.692. The summed E-state index contributed by atoms with van der Waals surface area (Å²) in [4.78, 5) is 2.58. The Labute approximate surface area is 169 Å². The van der Waals surface area contributed by atoms with Crippen LogP contribution in [0.5, 0.6) is 5.75 Å². The molecule has 0 bridgehead atoms. The Balaban J connectivity index is 0.00000261. The number of methoxy groups -OCH3 is 2. The Hall–Kier alpha value is -0.850. The number of hydrogen-bond acceptors (Lipinski definition) is 5. The Morgan fingerprint density at radius 2 is 2.07 bits per heavy atom. The summed E-state index contributed by atoms with van der Waals surface area (Å²) in [5.41, 5.74) is 7.48. The molecule has 1 aromatic rings. The van der Waals surface area contributed by atoms with E-state index in [9.17, 15) is 0 Å². The monoisotopic (exact) mass is 398 g/mol. The molecule has 2 fully saturated rings. The van der Waals surface area contributed by atoms with Crippen molar-refractivity contribution in [2.24, 2.45) is 11.1 Å². The van der Waals surface area contributed by atoms with Crippen LogP contribution in [0.1, 0.15) is 37.7 Å². The normalized spacial score (nSPS) is 24.7. The molecule has 3 rings (SSSR count). The molecule has 1 aliphatic heterocycles. The fourth-order valence-electron chi connectivity index (χ4n) is 4.31. The van der Waals surface area contributed by atoms with Crippen molar-refractivity contribution < 1.29 is 14.2 Å². The lowest BCUT2D eigenvalue weighted by molar-refractivity contribution is -0.0355. The minimum atomic E-state index is 0. The number of ether oxygens (including phenoxy) is 3. The molecule has 0 spiro atoms. The average Bonchev–Trinajstić information content (AvgIpc) is 2.64. The van der Waals surface area contributed by atoms with Gasteiger partial charge in [0, 0.05) is 45.3 Å². The molecular formula is C21H35ClN2O3. The van der Waals surface area contributed by atoms with E-state index in [0.29, 0.717) is 25.3 Å². The van der Waals surface area contributed by atoms with Gasteiger partial charge >= 0.3 is 0 Å². The van der Waals surface area contributed by atoms with Gasteiger partial charge in [-0.2, -0.15) is 0 Å². The highest BCUT2D eigenvalue weighted by Gasteiger charge is 2.41. The lowest BCUT2D eigenvalue weighted by atomic mass is 9.68. The number of rotatable bonds is 9. The molecule has 1 saturated heterocycles. The molecule has 5 nitrogen and oxygen atoms in total. The number of benzene rings is 1. The Morgan fingerprint density at radius 3 is 2.70 bits per heavy atom. The standard InChI is InChI=1S/C21H34N2O3.ClH/c1-24-14-17-5-3-6-20(11-17)26-16-21(8-4-9-21)15-23-10-7-19(25-2)12-18(23)13-22;/h3,5-6,11,18-19H,4,7-10,12-16,22H2,1-2H3;1H. The molecule has 2 N–H and O–H groups in total. The summed E-state index contributed by atoms with van der Waals surface area (Å²) >= 11 is 0. The molecule has 0 aromatic heterocycles. The van der Waals surface area contributed by atoms with Crippen molar-refractivity contribution in [3.8, 4) is 5.75 Å². The highest BCUT2D eigenvalue weighted by Crippen LogP contribution is 2.43. The van der Waals surface area contributed by atoms with Crippen LogP contribution in [0, 0.1) is 5.41 Å². The van der Waals surface area contributed by atoms with Crippen LogP contribution >= 0.6 is 12.4 Å². The maximum absolute atomic E-state index is 6.21. The number of likely N-dealkylation sites (tertiary alicyclic amines) is 1. The third kappa shape index (κ3) is 5.81. The summed E-state index contributed by atoms with van der Waals surface area (Å²) in [5, 5.41) is 0. The van der Waals surface area contributed by atoms with Crippen LogP contribution in [0.3, 0.4) is 0 Å². The summed E-state index contributed by atoms with van der Waals surface area (Å²) in [7, 11) is 3.53. The lowest BCUT2D eigenvalue weighted by Crippen LogP contribution is -2.55. The first-order valence-electron chi connectivity index (χ1n) is 9.85. The molecule has 2 atom stereocenters. The van der Waals surface area contributed by atoms with Crippen molar-refractivity contribution in [2.45, 2.75) is 50.9 Å². The van der Waals surface area contributed by atoms with E-state index in [-0.39, 0.29) is 17.8 Å². The van der Waals surface area contributed by atoms with Gasteiger partial charge in [-0.05, 0) is 43.4 Å². The predicted octanol–water partition coefficient (Wildman–Crippen LogP) is 3.24. The Kier molecular flexibility index (Phi) is 8.83. The van der Waals surface area contributed by atoms with Crippen molar-refractivity contribution >= 4 is 12.4 Å². The van der Waals surface area contributed by atoms with Gasteiger partial charge in [0.1, 0.15) is 5.75 Å². The van der Waals surface area contributed by atoms with Crippen LogP contribution in [0.25, 0.3) is 0 Å². The molecule has 1 heterocycles. The maximum atomic E-state index is 6.21. The molecule has 2 unspecified atom stereocenters. The maximum Gasteiger partial charge on any atom is 0.119 e. The summed E-state index contributed by atoms with van der Waals surface area (Å²) in [6.07, 6.45) is 6.29. The molecule has 6 heteroatoms. The molecule has 154 valence electrons. The molecule has 1 saturated carbocycles. The van der Waals surface area contributed by atoms with Crippen molar-refractivity contribution in [3.05, 3.63) is 29.8 Å². The summed E-state index contributed by atoms with van der Waals surface area (Å²) in [6, 6.07) is 8.66.